The summed E-state index contributed by atoms with van der Waals surface area (Å²) < 4.78 is 79.4. The number of hydrogen-bond acceptors (Lipinski definition) is 2. The zero-order valence-electron chi connectivity index (χ0n) is 9.19. The van der Waals surface area contributed by atoms with Crippen molar-refractivity contribution in [1.82, 2.24) is 0 Å². The number of carbonyl (C=O) groups is 1. The molecule has 0 atom stereocenters. The summed E-state index contributed by atoms with van der Waals surface area (Å²) in [6.45, 7) is 0. The minimum Gasteiger partial charge on any atom is -0.496 e. The first kappa shape index (κ1) is 15.1. The van der Waals surface area contributed by atoms with Crippen LogP contribution in [0.5, 0.6) is 5.75 Å². The third kappa shape index (κ3) is 3.09. The van der Waals surface area contributed by atoms with Crippen LogP contribution in [0.15, 0.2) is 12.1 Å². The van der Waals surface area contributed by atoms with Crippen LogP contribution in [0.25, 0.3) is 0 Å². The van der Waals surface area contributed by atoms with Gasteiger partial charge in [-0.15, -0.1) is 0 Å². The minimum absolute atomic E-state index is 0.207. The van der Waals surface area contributed by atoms with Crippen molar-refractivity contribution in [3.63, 3.8) is 0 Å². The van der Waals surface area contributed by atoms with Crippen molar-refractivity contribution in [2.45, 2.75) is 12.4 Å². The average molecular weight is 288 g/mol. The second kappa shape index (κ2) is 4.63. The number of methoxy groups -OCH3 is 1. The Morgan fingerprint density at radius 1 is 1.11 bits per heavy atom. The second-order valence-corrected chi connectivity index (χ2v) is 3.40. The number of carboxylic acids is 1. The molecule has 0 saturated carbocycles. The molecule has 1 N–H and O–H groups in total. The number of aromatic carboxylic acids is 1. The summed E-state index contributed by atoms with van der Waals surface area (Å²) in [5, 5.41) is 8.67. The van der Waals surface area contributed by atoms with Gasteiger partial charge < -0.3 is 9.84 Å². The SMILES string of the molecule is COc1cc(C(F)(F)F)cc(C(F)(F)F)c1C(=O)O. The van der Waals surface area contributed by atoms with Crippen LogP contribution >= 0.6 is 0 Å². The van der Waals surface area contributed by atoms with Gasteiger partial charge in [-0.3, -0.25) is 0 Å². The van der Waals surface area contributed by atoms with Gasteiger partial charge in [-0.2, -0.15) is 26.3 Å². The van der Waals surface area contributed by atoms with Crippen molar-refractivity contribution >= 4 is 5.97 Å². The highest BCUT2D eigenvalue weighted by Crippen LogP contribution is 2.41. The zero-order chi connectivity index (χ0) is 15.0. The average Bonchev–Trinajstić information content (AvgIpc) is 2.24. The van der Waals surface area contributed by atoms with E-state index in [4.69, 9.17) is 5.11 Å². The van der Waals surface area contributed by atoms with Gasteiger partial charge in [0.2, 0.25) is 0 Å². The number of benzene rings is 1. The van der Waals surface area contributed by atoms with Gasteiger partial charge in [0.1, 0.15) is 11.3 Å². The first-order chi connectivity index (χ1) is 8.48. The van der Waals surface area contributed by atoms with E-state index in [1.54, 1.807) is 0 Å². The molecular formula is C10H6F6O3. The molecule has 0 radical (unpaired) electrons. The van der Waals surface area contributed by atoms with Crippen molar-refractivity contribution in [1.29, 1.82) is 0 Å². The van der Waals surface area contributed by atoms with E-state index < -0.39 is 40.8 Å². The van der Waals surface area contributed by atoms with E-state index in [1.165, 1.54) is 0 Å². The highest BCUT2D eigenvalue weighted by molar-refractivity contribution is 5.93. The molecule has 0 heterocycles. The lowest BCUT2D eigenvalue weighted by atomic mass is 10.0. The van der Waals surface area contributed by atoms with Crippen LogP contribution in [-0.4, -0.2) is 18.2 Å². The predicted octanol–water partition coefficient (Wildman–Crippen LogP) is 3.43. The Labute approximate surface area is 102 Å². The quantitative estimate of drug-likeness (QED) is 0.848. The minimum atomic E-state index is -5.25. The van der Waals surface area contributed by atoms with Crippen LogP contribution in [-0.2, 0) is 12.4 Å². The number of alkyl halides is 6. The van der Waals surface area contributed by atoms with Gasteiger partial charge in [-0.1, -0.05) is 0 Å². The van der Waals surface area contributed by atoms with Crippen LogP contribution in [0.2, 0.25) is 0 Å². The Morgan fingerprint density at radius 2 is 1.63 bits per heavy atom. The van der Waals surface area contributed by atoms with Crippen LogP contribution in [0.1, 0.15) is 21.5 Å². The van der Waals surface area contributed by atoms with Gasteiger partial charge in [0.25, 0.3) is 0 Å². The summed E-state index contributed by atoms with van der Waals surface area (Å²) in [7, 11) is 0.780. The fourth-order valence-corrected chi connectivity index (χ4v) is 1.38. The molecule has 1 rings (SSSR count). The Hall–Kier alpha value is -1.93. The van der Waals surface area contributed by atoms with Crippen molar-refractivity contribution in [3.8, 4) is 5.75 Å². The maximum atomic E-state index is 12.6. The van der Waals surface area contributed by atoms with E-state index in [9.17, 15) is 31.1 Å². The first-order valence-corrected chi connectivity index (χ1v) is 4.58. The molecule has 3 nitrogen and oxygen atoms in total. The van der Waals surface area contributed by atoms with E-state index in [1.807, 2.05) is 0 Å². The van der Waals surface area contributed by atoms with E-state index >= 15 is 0 Å². The third-order valence-corrected chi connectivity index (χ3v) is 2.17. The molecule has 0 unspecified atom stereocenters. The van der Waals surface area contributed by atoms with Crippen LogP contribution in [0.3, 0.4) is 0 Å². The highest BCUT2D eigenvalue weighted by Gasteiger charge is 2.41. The van der Waals surface area contributed by atoms with E-state index in [0.717, 1.165) is 7.11 Å². The van der Waals surface area contributed by atoms with Gasteiger partial charge in [-0.05, 0) is 12.1 Å². The van der Waals surface area contributed by atoms with E-state index in [0.29, 0.717) is 0 Å². The van der Waals surface area contributed by atoms with Crippen LogP contribution < -0.4 is 4.74 Å². The molecule has 0 spiro atoms. The number of hydrogen-bond donors (Lipinski definition) is 1. The molecule has 0 fully saturated rings. The molecule has 19 heavy (non-hydrogen) atoms. The molecule has 1 aromatic carbocycles. The topological polar surface area (TPSA) is 46.5 Å². The first-order valence-electron chi connectivity index (χ1n) is 4.58. The number of halogens is 6. The smallest absolute Gasteiger partial charge is 0.417 e. The summed E-state index contributed by atoms with van der Waals surface area (Å²) in [4.78, 5) is 10.7. The molecule has 106 valence electrons. The van der Waals surface area contributed by atoms with Crippen LogP contribution in [0.4, 0.5) is 26.3 Å². The number of carboxylic acid groups (broad SMARTS) is 1. The summed E-state index contributed by atoms with van der Waals surface area (Å²) in [5.41, 5.74) is -4.91. The van der Waals surface area contributed by atoms with Gasteiger partial charge in [0, 0.05) is 0 Å². The molecule has 1 aromatic rings. The molecular weight excluding hydrogens is 282 g/mol. The second-order valence-electron chi connectivity index (χ2n) is 3.40. The lowest BCUT2D eigenvalue weighted by Crippen LogP contribution is -2.17. The summed E-state index contributed by atoms with van der Waals surface area (Å²) in [6, 6.07) is -0.0509. The molecule has 0 saturated heterocycles. The molecule has 0 aliphatic rings. The fourth-order valence-electron chi connectivity index (χ4n) is 1.38. The van der Waals surface area contributed by atoms with Crippen molar-refractivity contribution in [3.05, 3.63) is 28.8 Å². The van der Waals surface area contributed by atoms with E-state index in [-0.39, 0.29) is 12.1 Å². The summed E-state index contributed by atoms with van der Waals surface area (Å²) in [6.07, 6.45) is -10.3. The molecule has 0 amide bonds. The van der Waals surface area contributed by atoms with Crippen molar-refractivity contribution in [2.24, 2.45) is 0 Å². The molecule has 0 aliphatic heterocycles. The van der Waals surface area contributed by atoms with Gasteiger partial charge >= 0.3 is 18.3 Å². The van der Waals surface area contributed by atoms with Gasteiger partial charge in [0.05, 0.1) is 18.2 Å². The lowest BCUT2D eigenvalue weighted by Gasteiger charge is -2.16. The Balaban J connectivity index is 3.70. The highest BCUT2D eigenvalue weighted by atomic mass is 19.4. The summed E-state index contributed by atoms with van der Waals surface area (Å²) in [5.74, 6) is -3.03. The number of rotatable bonds is 2. The zero-order valence-corrected chi connectivity index (χ0v) is 9.19. The Kier molecular flexibility index (Phi) is 3.69. The number of ether oxygens (including phenoxy) is 1. The fraction of sp³-hybridized carbons (Fsp3) is 0.300. The van der Waals surface area contributed by atoms with Gasteiger partial charge in [-0.25, -0.2) is 4.79 Å². The Bertz CT molecular complexity index is 503. The lowest BCUT2D eigenvalue weighted by molar-refractivity contribution is -0.143. The van der Waals surface area contributed by atoms with Crippen molar-refractivity contribution in [2.75, 3.05) is 7.11 Å². The Morgan fingerprint density at radius 3 is 1.95 bits per heavy atom. The standard InChI is InChI=1S/C10H6F6O3/c1-19-6-3-4(9(11,12)13)2-5(10(14,15)16)7(6)8(17)18/h2-3H,1H3,(H,17,18). The van der Waals surface area contributed by atoms with Gasteiger partial charge in [0.15, 0.2) is 0 Å². The molecule has 9 heteroatoms. The monoisotopic (exact) mass is 288 g/mol. The molecule has 0 aliphatic carbocycles. The molecule has 0 aromatic heterocycles. The largest absolute Gasteiger partial charge is 0.496 e. The third-order valence-electron chi connectivity index (χ3n) is 2.17. The normalized spacial score (nSPS) is 12.4. The predicted molar refractivity (Wildman–Crippen MR) is 50.0 cm³/mol. The van der Waals surface area contributed by atoms with E-state index in [2.05, 4.69) is 4.74 Å². The molecule has 0 bridgehead atoms. The van der Waals surface area contributed by atoms with Crippen molar-refractivity contribution < 1.29 is 41.0 Å². The van der Waals surface area contributed by atoms with Crippen LogP contribution in [0, 0.1) is 0 Å². The summed E-state index contributed by atoms with van der Waals surface area (Å²) >= 11 is 0. The maximum absolute atomic E-state index is 12.6. The maximum Gasteiger partial charge on any atom is 0.417 e.